The number of rotatable bonds is 1. The van der Waals surface area contributed by atoms with Crippen LogP contribution >= 0.6 is 24.8 Å². The molecular formula is C8H12Cl2N4. The van der Waals surface area contributed by atoms with Crippen LogP contribution in [0.5, 0.6) is 0 Å². The fourth-order valence-electron chi connectivity index (χ4n) is 1.20. The predicted octanol–water partition coefficient (Wildman–Crippen LogP) is 1.27. The topological polar surface area (TPSA) is 56.7 Å². The van der Waals surface area contributed by atoms with Crippen molar-refractivity contribution >= 4 is 35.8 Å². The van der Waals surface area contributed by atoms with Crippen molar-refractivity contribution in [1.82, 2.24) is 14.8 Å². The Labute approximate surface area is 94.3 Å². The molecule has 0 saturated heterocycles. The molecular weight excluding hydrogens is 223 g/mol. The van der Waals surface area contributed by atoms with Gasteiger partial charge < -0.3 is 5.73 Å². The molecule has 0 radical (unpaired) electrons. The summed E-state index contributed by atoms with van der Waals surface area (Å²) in [4.78, 5) is 4.23. The summed E-state index contributed by atoms with van der Waals surface area (Å²) < 4.78 is 1.75. The van der Waals surface area contributed by atoms with Gasteiger partial charge in [0.1, 0.15) is 0 Å². The lowest BCUT2D eigenvalue weighted by atomic mass is 10.2. The molecule has 0 spiro atoms. The number of pyridine rings is 1. The molecule has 0 fully saturated rings. The van der Waals surface area contributed by atoms with Crippen LogP contribution in [0.15, 0.2) is 18.5 Å². The molecule has 2 aromatic heterocycles. The van der Waals surface area contributed by atoms with Gasteiger partial charge in [0.05, 0.1) is 6.20 Å². The average Bonchev–Trinajstić information content (AvgIpc) is 2.47. The Morgan fingerprint density at radius 1 is 1.36 bits per heavy atom. The van der Waals surface area contributed by atoms with Crippen LogP contribution in [0.2, 0.25) is 0 Å². The average molecular weight is 235 g/mol. The smallest absolute Gasteiger partial charge is 0.157 e. The first-order valence-electron chi connectivity index (χ1n) is 3.78. The van der Waals surface area contributed by atoms with Gasteiger partial charge in [0.2, 0.25) is 0 Å². The van der Waals surface area contributed by atoms with E-state index in [9.17, 15) is 0 Å². The number of aromatic nitrogens is 3. The first-order chi connectivity index (χ1) is 5.81. The highest BCUT2D eigenvalue weighted by Gasteiger charge is 2.00. The minimum Gasteiger partial charge on any atom is -0.326 e. The van der Waals surface area contributed by atoms with Gasteiger partial charge in [-0.25, -0.2) is 4.98 Å². The third kappa shape index (κ3) is 2.15. The van der Waals surface area contributed by atoms with E-state index in [0.717, 1.165) is 16.6 Å². The number of nitrogens with two attached hydrogens (primary N) is 1. The summed E-state index contributed by atoms with van der Waals surface area (Å²) in [5, 5.41) is 5.13. The standard InChI is InChI=1S/C8H10N4.2ClH/c1-12-8-7(5-11-12)2-6(3-9)4-10-8;;/h2,4-5H,3,9H2,1H3;2*1H. The van der Waals surface area contributed by atoms with Crippen LogP contribution in [0.25, 0.3) is 11.0 Å². The molecule has 0 bridgehead atoms. The van der Waals surface area contributed by atoms with Gasteiger partial charge in [-0.3, -0.25) is 4.68 Å². The second-order valence-corrected chi connectivity index (χ2v) is 2.73. The fraction of sp³-hybridized carbons (Fsp3) is 0.250. The highest BCUT2D eigenvalue weighted by Crippen LogP contribution is 2.10. The lowest BCUT2D eigenvalue weighted by molar-refractivity contribution is 0.786. The molecule has 2 aromatic rings. The normalized spacial score (nSPS) is 9.29. The second kappa shape index (κ2) is 5.14. The van der Waals surface area contributed by atoms with Crippen LogP contribution in [0, 0.1) is 0 Å². The Bertz CT molecular complexity index is 413. The van der Waals surface area contributed by atoms with Gasteiger partial charge in [-0.2, -0.15) is 5.10 Å². The number of hydrogen-bond donors (Lipinski definition) is 1. The Hall–Kier alpha value is -0.840. The van der Waals surface area contributed by atoms with E-state index in [-0.39, 0.29) is 24.8 Å². The van der Waals surface area contributed by atoms with Gasteiger partial charge in [-0.1, -0.05) is 0 Å². The monoisotopic (exact) mass is 234 g/mol. The summed E-state index contributed by atoms with van der Waals surface area (Å²) in [6, 6.07) is 2.01. The van der Waals surface area contributed by atoms with Crippen molar-refractivity contribution < 1.29 is 0 Å². The quantitative estimate of drug-likeness (QED) is 0.809. The Morgan fingerprint density at radius 3 is 2.71 bits per heavy atom. The second-order valence-electron chi connectivity index (χ2n) is 2.73. The zero-order chi connectivity index (χ0) is 8.55. The summed E-state index contributed by atoms with van der Waals surface area (Å²) in [5.74, 6) is 0. The van der Waals surface area contributed by atoms with Crippen LogP contribution in [0.3, 0.4) is 0 Å². The van der Waals surface area contributed by atoms with E-state index in [1.165, 1.54) is 0 Å². The molecule has 0 unspecified atom stereocenters. The van der Waals surface area contributed by atoms with Crippen molar-refractivity contribution in [3.05, 3.63) is 24.0 Å². The number of nitrogens with zero attached hydrogens (tertiary/aromatic N) is 3. The van der Waals surface area contributed by atoms with E-state index in [2.05, 4.69) is 10.1 Å². The van der Waals surface area contributed by atoms with Crippen molar-refractivity contribution in [1.29, 1.82) is 0 Å². The Morgan fingerprint density at radius 2 is 2.07 bits per heavy atom. The number of fused-ring (bicyclic) bond motifs is 1. The number of halogens is 2. The third-order valence-corrected chi connectivity index (χ3v) is 1.86. The summed E-state index contributed by atoms with van der Waals surface area (Å²) in [6.45, 7) is 0.526. The van der Waals surface area contributed by atoms with Gasteiger partial charge in [0.15, 0.2) is 5.65 Å². The Kier molecular flexibility index (Phi) is 4.83. The zero-order valence-corrected chi connectivity index (χ0v) is 9.31. The largest absolute Gasteiger partial charge is 0.326 e. The molecule has 0 aliphatic carbocycles. The Balaban J connectivity index is 0.000000845. The van der Waals surface area contributed by atoms with Crippen LogP contribution in [0.4, 0.5) is 0 Å². The van der Waals surface area contributed by atoms with Gasteiger partial charge in [-0.15, -0.1) is 24.8 Å². The molecule has 4 nitrogen and oxygen atoms in total. The molecule has 0 saturated carbocycles. The van der Waals surface area contributed by atoms with Gasteiger partial charge in [-0.05, 0) is 11.6 Å². The van der Waals surface area contributed by atoms with Gasteiger partial charge >= 0.3 is 0 Å². The van der Waals surface area contributed by atoms with Crippen molar-refractivity contribution in [2.75, 3.05) is 0 Å². The maximum Gasteiger partial charge on any atom is 0.157 e. The van der Waals surface area contributed by atoms with E-state index in [0.29, 0.717) is 6.54 Å². The first kappa shape index (κ1) is 13.2. The van der Waals surface area contributed by atoms with Gasteiger partial charge in [0.25, 0.3) is 0 Å². The molecule has 2 N–H and O–H groups in total. The van der Waals surface area contributed by atoms with Crippen molar-refractivity contribution in [3.8, 4) is 0 Å². The van der Waals surface area contributed by atoms with E-state index in [1.54, 1.807) is 17.1 Å². The highest BCUT2D eigenvalue weighted by atomic mass is 35.5. The first-order valence-corrected chi connectivity index (χ1v) is 3.78. The van der Waals surface area contributed by atoms with Crippen molar-refractivity contribution in [3.63, 3.8) is 0 Å². The molecule has 0 atom stereocenters. The fourth-order valence-corrected chi connectivity index (χ4v) is 1.20. The van der Waals surface area contributed by atoms with E-state index >= 15 is 0 Å². The van der Waals surface area contributed by atoms with Crippen molar-refractivity contribution in [2.24, 2.45) is 12.8 Å². The molecule has 14 heavy (non-hydrogen) atoms. The molecule has 0 amide bonds. The van der Waals surface area contributed by atoms with Crippen LogP contribution in [-0.4, -0.2) is 14.8 Å². The lowest BCUT2D eigenvalue weighted by Gasteiger charge is -1.95. The predicted molar refractivity (Wildman–Crippen MR) is 60.9 cm³/mol. The summed E-state index contributed by atoms with van der Waals surface area (Å²) >= 11 is 0. The molecule has 0 aliphatic rings. The molecule has 2 heterocycles. The maximum absolute atomic E-state index is 5.48. The van der Waals surface area contributed by atoms with Crippen molar-refractivity contribution in [2.45, 2.75) is 6.54 Å². The van der Waals surface area contributed by atoms with Crippen LogP contribution in [-0.2, 0) is 13.6 Å². The van der Waals surface area contributed by atoms with E-state index < -0.39 is 0 Å². The molecule has 2 rings (SSSR count). The molecule has 0 aliphatic heterocycles. The zero-order valence-electron chi connectivity index (χ0n) is 7.67. The lowest BCUT2D eigenvalue weighted by Crippen LogP contribution is -1.97. The van der Waals surface area contributed by atoms with Crippen LogP contribution < -0.4 is 5.73 Å². The molecule has 6 heteroatoms. The minimum absolute atomic E-state index is 0. The summed E-state index contributed by atoms with van der Waals surface area (Å²) in [6.07, 6.45) is 3.57. The van der Waals surface area contributed by atoms with E-state index in [1.807, 2.05) is 13.1 Å². The summed E-state index contributed by atoms with van der Waals surface area (Å²) in [7, 11) is 1.87. The minimum atomic E-state index is 0. The van der Waals surface area contributed by atoms with Crippen LogP contribution in [0.1, 0.15) is 5.56 Å². The highest BCUT2D eigenvalue weighted by molar-refractivity contribution is 5.85. The van der Waals surface area contributed by atoms with Gasteiger partial charge in [0, 0.05) is 25.2 Å². The summed E-state index contributed by atoms with van der Waals surface area (Å²) in [5.41, 5.74) is 7.41. The van der Waals surface area contributed by atoms with E-state index in [4.69, 9.17) is 5.73 Å². The maximum atomic E-state index is 5.48. The third-order valence-electron chi connectivity index (χ3n) is 1.86. The molecule has 0 aromatic carbocycles. The molecule has 78 valence electrons. The SMILES string of the molecule is Cl.Cl.Cn1ncc2cc(CN)cnc21. The number of hydrogen-bond acceptors (Lipinski definition) is 3. The number of aryl methyl sites for hydroxylation is 1.